The zero-order valence-corrected chi connectivity index (χ0v) is 39.2. The maximum Gasteiger partial charge on any atom is 0.220 e. The van der Waals surface area contributed by atoms with Crippen LogP contribution in [0, 0.1) is 0 Å². The van der Waals surface area contributed by atoms with E-state index in [4.69, 9.17) is 0 Å². The average Bonchev–Trinajstić information content (AvgIpc) is 3.23. The van der Waals surface area contributed by atoms with Crippen LogP contribution in [0.2, 0.25) is 0 Å². The minimum Gasteiger partial charge on any atom is -0.394 e. The van der Waals surface area contributed by atoms with Crippen LogP contribution in [0.25, 0.3) is 0 Å². The first kappa shape index (κ1) is 56.8. The van der Waals surface area contributed by atoms with Crippen LogP contribution in [0.3, 0.4) is 0 Å². The number of hydrogen-bond donors (Lipinski definition) is 4. The summed E-state index contributed by atoms with van der Waals surface area (Å²) in [7, 11) is 0. The third-order valence-electron chi connectivity index (χ3n) is 12.3. The van der Waals surface area contributed by atoms with E-state index in [0.29, 0.717) is 12.8 Å². The quantitative estimate of drug-likeness (QED) is 0.0364. The Bertz CT molecular complexity index is 859. The fourth-order valence-electron chi connectivity index (χ4n) is 8.24. The third kappa shape index (κ3) is 42.9. The number of nitrogens with one attached hydrogen (secondary N) is 1. The average molecular weight is 818 g/mol. The molecular formula is C53H103NO4. The van der Waals surface area contributed by atoms with Crippen LogP contribution < -0.4 is 5.32 Å². The van der Waals surface area contributed by atoms with Gasteiger partial charge >= 0.3 is 0 Å². The molecular weight excluding hydrogens is 715 g/mol. The number of carbonyl (C=O) groups excluding carboxylic acids is 1. The molecule has 3 atom stereocenters. The maximum atomic E-state index is 12.5. The maximum absolute atomic E-state index is 12.5. The van der Waals surface area contributed by atoms with Gasteiger partial charge in [0, 0.05) is 6.42 Å². The number of amides is 1. The van der Waals surface area contributed by atoms with Crippen molar-refractivity contribution in [3.05, 3.63) is 24.3 Å². The topological polar surface area (TPSA) is 89.8 Å². The molecule has 0 fully saturated rings. The van der Waals surface area contributed by atoms with Crippen LogP contribution in [0.15, 0.2) is 24.3 Å². The summed E-state index contributed by atoms with van der Waals surface area (Å²) in [6.07, 6.45) is 60.3. The fourth-order valence-corrected chi connectivity index (χ4v) is 8.24. The van der Waals surface area contributed by atoms with Crippen molar-refractivity contribution < 1.29 is 20.1 Å². The zero-order valence-electron chi connectivity index (χ0n) is 39.2. The molecule has 0 saturated carbocycles. The van der Waals surface area contributed by atoms with Gasteiger partial charge in [0.15, 0.2) is 0 Å². The van der Waals surface area contributed by atoms with Gasteiger partial charge in [0.05, 0.1) is 18.8 Å². The van der Waals surface area contributed by atoms with Crippen LogP contribution in [-0.4, -0.2) is 46.1 Å². The molecule has 5 nitrogen and oxygen atoms in total. The lowest BCUT2D eigenvalue weighted by Crippen LogP contribution is -2.50. The number of hydrogen-bond acceptors (Lipinski definition) is 4. The standard InChI is InChI=1S/C53H103NO4/c1-3-5-7-9-11-13-15-17-19-21-23-25-26-28-29-31-33-35-37-39-41-43-45-47-51(56)53(58)50(49-55)54-52(57)48-46-44-42-40-38-36-34-32-30-27-24-22-20-18-16-14-12-10-8-6-4-2/h31,33,39,41,50-51,53,55-56,58H,3-30,32,34-38,40,42-49H2,1-2H3,(H,54,57)/b33-31+,41-39+. The van der Waals surface area contributed by atoms with E-state index in [9.17, 15) is 20.1 Å². The van der Waals surface area contributed by atoms with Gasteiger partial charge < -0.3 is 20.6 Å². The number of rotatable bonds is 48. The third-order valence-corrected chi connectivity index (χ3v) is 12.3. The SMILES string of the molecule is CCCCCCCCCCCCCCCC/C=C/CC/C=C/CCCC(O)C(O)C(CO)NC(=O)CCCCCCCCCCCCCCCCCCCCCCC. The van der Waals surface area contributed by atoms with E-state index >= 15 is 0 Å². The van der Waals surface area contributed by atoms with E-state index in [1.165, 1.54) is 212 Å². The Labute approximate surface area is 362 Å². The van der Waals surface area contributed by atoms with Gasteiger partial charge in [-0.1, -0.05) is 250 Å². The van der Waals surface area contributed by atoms with Gasteiger partial charge in [0.1, 0.15) is 6.10 Å². The highest BCUT2D eigenvalue weighted by Gasteiger charge is 2.26. The number of carbonyl (C=O) groups is 1. The monoisotopic (exact) mass is 818 g/mol. The van der Waals surface area contributed by atoms with Crippen molar-refractivity contribution in [2.45, 2.75) is 302 Å². The Hall–Kier alpha value is -1.17. The van der Waals surface area contributed by atoms with Crippen LogP contribution in [0.5, 0.6) is 0 Å². The molecule has 344 valence electrons. The van der Waals surface area contributed by atoms with E-state index in [2.05, 4.69) is 43.5 Å². The number of aliphatic hydroxyl groups excluding tert-OH is 3. The predicted molar refractivity (Wildman–Crippen MR) is 255 cm³/mol. The summed E-state index contributed by atoms with van der Waals surface area (Å²) >= 11 is 0. The van der Waals surface area contributed by atoms with Gasteiger partial charge in [-0.2, -0.15) is 0 Å². The molecule has 0 bridgehead atoms. The molecule has 0 rings (SSSR count). The lowest BCUT2D eigenvalue weighted by atomic mass is 10.0. The highest BCUT2D eigenvalue weighted by molar-refractivity contribution is 5.76. The van der Waals surface area contributed by atoms with E-state index in [1.807, 2.05) is 0 Å². The molecule has 0 saturated heterocycles. The summed E-state index contributed by atoms with van der Waals surface area (Å²) in [6.45, 7) is 4.20. The first-order valence-electron chi connectivity index (χ1n) is 26.1. The molecule has 5 heteroatoms. The summed E-state index contributed by atoms with van der Waals surface area (Å²) in [5.41, 5.74) is 0. The van der Waals surface area contributed by atoms with Crippen molar-refractivity contribution in [2.75, 3.05) is 6.61 Å². The lowest BCUT2D eigenvalue weighted by Gasteiger charge is -2.26. The van der Waals surface area contributed by atoms with Gasteiger partial charge in [0.25, 0.3) is 0 Å². The largest absolute Gasteiger partial charge is 0.394 e. The van der Waals surface area contributed by atoms with Gasteiger partial charge in [-0.05, 0) is 51.4 Å². The first-order chi connectivity index (χ1) is 28.6. The molecule has 0 radical (unpaired) electrons. The summed E-state index contributed by atoms with van der Waals surface area (Å²) in [4.78, 5) is 12.5. The summed E-state index contributed by atoms with van der Waals surface area (Å²) in [5.74, 6) is -0.153. The van der Waals surface area contributed by atoms with E-state index in [-0.39, 0.29) is 12.5 Å². The van der Waals surface area contributed by atoms with Crippen molar-refractivity contribution in [1.82, 2.24) is 5.32 Å². The summed E-state index contributed by atoms with van der Waals surface area (Å²) < 4.78 is 0. The van der Waals surface area contributed by atoms with Gasteiger partial charge in [-0.3, -0.25) is 4.79 Å². The molecule has 0 spiro atoms. The number of unbranched alkanes of at least 4 members (excludes halogenated alkanes) is 36. The Morgan fingerprint density at radius 2 is 0.707 bits per heavy atom. The zero-order chi connectivity index (χ0) is 42.3. The molecule has 0 aliphatic carbocycles. The van der Waals surface area contributed by atoms with E-state index < -0.39 is 18.2 Å². The van der Waals surface area contributed by atoms with Crippen LogP contribution >= 0.6 is 0 Å². The molecule has 0 aliphatic heterocycles. The van der Waals surface area contributed by atoms with Crippen molar-refractivity contribution >= 4 is 5.91 Å². The Morgan fingerprint density at radius 1 is 0.414 bits per heavy atom. The second-order valence-electron chi connectivity index (χ2n) is 18.1. The van der Waals surface area contributed by atoms with Gasteiger partial charge in [-0.15, -0.1) is 0 Å². The molecule has 4 N–H and O–H groups in total. The van der Waals surface area contributed by atoms with Crippen LogP contribution in [-0.2, 0) is 4.79 Å². The molecule has 1 amide bonds. The molecule has 58 heavy (non-hydrogen) atoms. The van der Waals surface area contributed by atoms with Gasteiger partial charge in [0.2, 0.25) is 5.91 Å². The highest BCUT2D eigenvalue weighted by Crippen LogP contribution is 2.17. The van der Waals surface area contributed by atoms with Crippen molar-refractivity contribution in [3.8, 4) is 0 Å². The molecule has 3 unspecified atom stereocenters. The van der Waals surface area contributed by atoms with Crippen molar-refractivity contribution in [3.63, 3.8) is 0 Å². The van der Waals surface area contributed by atoms with E-state index in [1.54, 1.807) is 0 Å². The second-order valence-corrected chi connectivity index (χ2v) is 18.1. The summed E-state index contributed by atoms with van der Waals surface area (Å²) in [6, 6.07) is -0.829. The smallest absolute Gasteiger partial charge is 0.220 e. The lowest BCUT2D eigenvalue weighted by molar-refractivity contribution is -0.124. The molecule has 0 aromatic heterocycles. The predicted octanol–water partition coefficient (Wildman–Crippen LogP) is 15.7. The minimum atomic E-state index is -1.16. The van der Waals surface area contributed by atoms with Crippen LogP contribution in [0.1, 0.15) is 284 Å². The van der Waals surface area contributed by atoms with Crippen molar-refractivity contribution in [1.29, 1.82) is 0 Å². The Morgan fingerprint density at radius 3 is 1.05 bits per heavy atom. The number of allylic oxidation sites excluding steroid dienone is 4. The Kier molecular flexibility index (Phi) is 47.5. The minimum absolute atomic E-state index is 0.153. The van der Waals surface area contributed by atoms with Crippen LogP contribution in [0.4, 0.5) is 0 Å². The molecule has 0 aromatic carbocycles. The summed E-state index contributed by atoms with van der Waals surface area (Å²) in [5, 5.41) is 33.7. The second kappa shape index (κ2) is 48.5. The first-order valence-corrected chi connectivity index (χ1v) is 26.1. The van der Waals surface area contributed by atoms with E-state index in [0.717, 1.165) is 44.9 Å². The van der Waals surface area contributed by atoms with Gasteiger partial charge in [-0.25, -0.2) is 0 Å². The van der Waals surface area contributed by atoms with Crippen molar-refractivity contribution in [2.24, 2.45) is 0 Å². The molecule has 0 heterocycles. The highest BCUT2D eigenvalue weighted by atomic mass is 16.3. The molecule has 0 aromatic rings. The Balaban J connectivity index is 3.61. The molecule has 0 aliphatic rings. The fraction of sp³-hybridized carbons (Fsp3) is 0.906. The number of aliphatic hydroxyl groups is 3. The normalized spacial score (nSPS) is 13.5.